The van der Waals surface area contributed by atoms with Crippen LogP contribution in [0.25, 0.3) is 0 Å². The second-order valence-electron chi connectivity index (χ2n) is 4.10. The van der Waals surface area contributed by atoms with Crippen LogP contribution in [0.2, 0.25) is 5.02 Å². The number of aromatic nitrogens is 3. The molecule has 0 saturated heterocycles. The number of benzene rings is 1. The molecule has 2 aromatic rings. The third-order valence-corrected chi connectivity index (χ3v) is 4.07. The number of H-pyrrole nitrogens is 1. The van der Waals surface area contributed by atoms with E-state index in [9.17, 15) is 9.59 Å². The Morgan fingerprint density at radius 3 is 2.85 bits per heavy atom. The third-order valence-electron chi connectivity index (χ3n) is 2.53. The van der Waals surface area contributed by atoms with Gasteiger partial charge in [0.1, 0.15) is 0 Å². The molecule has 0 spiro atoms. The summed E-state index contributed by atoms with van der Waals surface area (Å²) in [5.74, 6) is 0. The van der Waals surface area contributed by atoms with Gasteiger partial charge >= 0.3 is 11.1 Å². The normalized spacial score (nSPS) is 10.8. The fraction of sp³-hybridized carbons (Fsp3) is 0.250. The van der Waals surface area contributed by atoms with E-state index >= 15 is 0 Å². The van der Waals surface area contributed by atoms with Crippen molar-refractivity contribution in [3.8, 4) is 0 Å². The molecule has 0 bridgehead atoms. The van der Waals surface area contributed by atoms with Crippen molar-refractivity contribution in [1.29, 1.82) is 0 Å². The number of halogens is 1. The van der Waals surface area contributed by atoms with Crippen molar-refractivity contribution in [2.75, 3.05) is 7.05 Å². The minimum atomic E-state index is -0.812. The van der Waals surface area contributed by atoms with Crippen LogP contribution >= 0.6 is 23.4 Å². The van der Waals surface area contributed by atoms with Gasteiger partial charge in [0.25, 0.3) is 0 Å². The maximum Gasteiger partial charge on any atom is 0.339 e. The topological polar surface area (TPSA) is 79.8 Å². The summed E-state index contributed by atoms with van der Waals surface area (Å²) in [6, 6.07) is 5.65. The zero-order valence-electron chi connectivity index (χ0n) is 10.9. The van der Waals surface area contributed by atoms with E-state index < -0.39 is 11.1 Å². The molecule has 8 heteroatoms. The summed E-state index contributed by atoms with van der Waals surface area (Å²) in [5, 5.41) is 6.38. The molecule has 0 aliphatic carbocycles. The van der Waals surface area contributed by atoms with Gasteiger partial charge in [-0.15, -0.1) is 0 Å². The van der Waals surface area contributed by atoms with E-state index in [1.165, 1.54) is 16.4 Å². The van der Waals surface area contributed by atoms with Gasteiger partial charge in [0, 0.05) is 18.5 Å². The second kappa shape index (κ2) is 6.25. The molecule has 0 aliphatic rings. The summed E-state index contributed by atoms with van der Waals surface area (Å²) < 4.78 is 1.40. The highest BCUT2D eigenvalue weighted by molar-refractivity contribution is 7.99. The second-order valence-corrected chi connectivity index (χ2v) is 5.51. The Kier molecular flexibility index (Phi) is 4.64. The smallest absolute Gasteiger partial charge is 0.316 e. The van der Waals surface area contributed by atoms with Gasteiger partial charge in [0.2, 0.25) is 0 Å². The fourth-order valence-corrected chi connectivity index (χ4v) is 2.71. The Labute approximate surface area is 124 Å². The molecule has 6 nitrogen and oxygen atoms in total. The van der Waals surface area contributed by atoms with Crippen molar-refractivity contribution in [3.63, 3.8) is 0 Å². The number of rotatable bonds is 4. The Balaban J connectivity index is 2.33. The lowest BCUT2D eigenvalue weighted by Crippen LogP contribution is -2.33. The van der Waals surface area contributed by atoms with Crippen LogP contribution < -0.4 is 16.4 Å². The van der Waals surface area contributed by atoms with Crippen LogP contribution in [-0.4, -0.2) is 21.8 Å². The molecule has 0 radical (unpaired) electrons. The molecule has 0 saturated carbocycles. The van der Waals surface area contributed by atoms with Crippen LogP contribution in [-0.2, 0) is 13.6 Å². The van der Waals surface area contributed by atoms with Crippen molar-refractivity contribution in [3.05, 3.63) is 49.5 Å². The highest BCUT2D eigenvalue weighted by Gasteiger charge is 2.09. The van der Waals surface area contributed by atoms with Gasteiger partial charge in [-0.2, -0.15) is 4.98 Å². The predicted molar refractivity (Wildman–Crippen MR) is 78.4 cm³/mol. The van der Waals surface area contributed by atoms with Crippen LogP contribution in [0.3, 0.4) is 0 Å². The first-order chi connectivity index (χ1) is 9.51. The molecule has 106 valence electrons. The van der Waals surface area contributed by atoms with Gasteiger partial charge in [0.05, 0.1) is 5.02 Å². The number of aryl methyl sites for hydroxylation is 1. The van der Waals surface area contributed by atoms with Gasteiger partial charge < -0.3 is 5.32 Å². The molecule has 1 aromatic heterocycles. The molecule has 0 atom stereocenters. The predicted octanol–water partition coefficient (Wildman–Crippen LogP) is 0.993. The van der Waals surface area contributed by atoms with Crippen molar-refractivity contribution >= 4 is 23.4 Å². The van der Waals surface area contributed by atoms with Crippen molar-refractivity contribution in [2.45, 2.75) is 16.6 Å². The Bertz CT molecular complexity index is 741. The zero-order valence-corrected chi connectivity index (χ0v) is 12.5. The van der Waals surface area contributed by atoms with E-state index in [4.69, 9.17) is 11.6 Å². The van der Waals surface area contributed by atoms with Crippen molar-refractivity contribution in [1.82, 2.24) is 20.1 Å². The van der Waals surface area contributed by atoms with Crippen LogP contribution in [0.4, 0.5) is 0 Å². The maximum atomic E-state index is 11.3. The average Bonchev–Trinajstić information content (AvgIpc) is 2.39. The molecule has 0 fully saturated rings. The average molecular weight is 313 g/mol. The SMILES string of the molecule is CNCc1ccc(Sc2nc(=O)c(=O)[nH]n2C)c(Cl)c1. The van der Waals surface area contributed by atoms with E-state index in [1.807, 2.05) is 25.2 Å². The zero-order chi connectivity index (χ0) is 14.7. The van der Waals surface area contributed by atoms with Gasteiger partial charge in [-0.3, -0.25) is 19.4 Å². The quantitative estimate of drug-likeness (QED) is 0.823. The van der Waals surface area contributed by atoms with Gasteiger partial charge in [-0.05, 0) is 36.5 Å². The van der Waals surface area contributed by atoms with E-state index in [2.05, 4.69) is 15.4 Å². The van der Waals surface area contributed by atoms with E-state index in [0.29, 0.717) is 10.2 Å². The summed E-state index contributed by atoms with van der Waals surface area (Å²) in [7, 11) is 3.47. The Hall–Kier alpha value is -1.57. The minimum Gasteiger partial charge on any atom is -0.316 e. The lowest BCUT2D eigenvalue weighted by Gasteiger charge is -2.08. The number of nitrogens with one attached hydrogen (secondary N) is 2. The highest BCUT2D eigenvalue weighted by atomic mass is 35.5. The Morgan fingerprint density at radius 1 is 1.45 bits per heavy atom. The van der Waals surface area contributed by atoms with Crippen LogP contribution in [0.1, 0.15) is 5.56 Å². The van der Waals surface area contributed by atoms with E-state index in [0.717, 1.165) is 17.0 Å². The molecule has 1 heterocycles. The summed E-state index contributed by atoms with van der Waals surface area (Å²) in [4.78, 5) is 26.9. The molecule has 2 N–H and O–H groups in total. The first kappa shape index (κ1) is 14.8. The highest BCUT2D eigenvalue weighted by Crippen LogP contribution is 2.31. The molecule has 0 unspecified atom stereocenters. The number of aromatic amines is 1. The minimum absolute atomic E-state index is 0.373. The van der Waals surface area contributed by atoms with E-state index in [1.54, 1.807) is 7.05 Å². The lowest BCUT2D eigenvalue weighted by atomic mass is 10.2. The van der Waals surface area contributed by atoms with Gasteiger partial charge in [0.15, 0.2) is 5.16 Å². The first-order valence-electron chi connectivity index (χ1n) is 5.79. The molecule has 0 amide bonds. The van der Waals surface area contributed by atoms with Crippen molar-refractivity contribution in [2.24, 2.45) is 7.05 Å². The van der Waals surface area contributed by atoms with Gasteiger partial charge in [-0.25, -0.2) is 0 Å². The van der Waals surface area contributed by atoms with Crippen LogP contribution in [0.5, 0.6) is 0 Å². The molecule has 0 aliphatic heterocycles. The molecular formula is C12H13ClN4O2S. The molecule has 1 aromatic carbocycles. The molecule has 20 heavy (non-hydrogen) atoms. The van der Waals surface area contributed by atoms with Crippen LogP contribution in [0.15, 0.2) is 37.8 Å². The summed E-state index contributed by atoms with van der Waals surface area (Å²) >= 11 is 7.42. The molecular weight excluding hydrogens is 300 g/mol. The largest absolute Gasteiger partial charge is 0.339 e. The van der Waals surface area contributed by atoms with Crippen molar-refractivity contribution < 1.29 is 0 Å². The number of hydrogen-bond acceptors (Lipinski definition) is 5. The van der Waals surface area contributed by atoms with Gasteiger partial charge in [-0.1, -0.05) is 17.7 Å². The maximum absolute atomic E-state index is 11.3. The standard InChI is InChI=1S/C12H13ClN4O2S/c1-14-6-7-3-4-9(8(13)5-7)20-12-15-10(18)11(19)16-17(12)2/h3-5,14H,6H2,1-2H3,(H,16,19). The number of hydrogen-bond donors (Lipinski definition) is 2. The fourth-order valence-electron chi connectivity index (χ4n) is 1.59. The third kappa shape index (κ3) is 3.30. The van der Waals surface area contributed by atoms with Crippen LogP contribution in [0, 0.1) is 0 Å². The summed E-state index contributed by atoms with van der Waals surface area (Å²) in [6.07, 6.45) is 0. The van der Waals surface area contributed by atoms with E-state index in [-0.39, 0.29) is 0 Å². The summed E-state index contributed by atoms with van der Waals surface area (Å²) in [6.45, 7) is 0.722. The summed E-state index contributed by atoms with van der Waals surface area (Å²) in [5.41, 5.74) is -0.494. The first-order valence-corrected chi connectivity index (χ1v) is 6.99. The molecule has 2 rings (SSSR count). The lowest BCUT2D eigenvalue weighted by molar-refractivity contribution is 0.596. The monoisotopic (exact) mass is 312 g/mol. The number of nitrogens with zero attached hydrogens (tertiary/aromatic N) is 2. The Morgan fingerprint density at radius 2 is 2.20 bits per heavy atom.